The lowest BCUT2D eigenvalue weighted by Gasteiger charge is -2.22. The smallest absolute Gasteiger partial charge is 0.242 e. The van der Waals surface area contributed by atoms with Gasteiger partial charge in [0, 0.05) is 24.3 Å². The van der Waals surface area contributed by atoms with Gasteiger partial charge in [-0.25, -0.2) is 9.97 Å². The first-order chi connectivity index (χ1) is 12.6. The van der Waals surface area contributed by atoms with Crippen LogP contribution in [-0.4, -0.2) is 33.4 Å². The number of para-hydroxylation sites is 1. The summed E-state index contributed by atoms with van der Waals surface area (Å²) in [6.07, 6.45) is 5.81. The lowest BCUT2D eigenvalue weighted by Crippen LogP contribution is -2.43. The van der Waals surface area contributed by atoms with E-state index < -0.39 is 0 Å². The molecule has 0 aliphatic rings. The molecular weight excluding hydrogens is 326 g/mol. The maximum absolute atomic E-state index is 12.7. The lowest BCUT2D eigenvalue weighted by atomic mass is 10.0. The Morgan fingerprint density at radius 3 is 2.62 bits per heavy atom. The highest BCUT2D eigenvalue weighted by Gasteiger charge is 2.23. The minimum Gasteiger partial charge on any atom is -0.358 e. The number of rotatable bonds is 7. The Kier molecular flexibility index (Phi) is 5.73. The van der Waals surface area contributed by atoms with E-state index in [1.165, 1.54) is 6.33 Å². The molecule has 6 heteroatoms. The Labute approximate surface area is 153 Å². The monoisotopic (exact) mass is 349 g/mol. The molecule has 2 N–H and O–H groups in total. The van der Waals surface area contributed by atoms with Crippen molar-refractivity contribution in [3.8, 4) is 0 Å². The van der Waals surface area contributed by atoms with E-state index in [2.05, 4.69) is 25.6 Å². The molecule has 0 bridgehead atoms. The summed E-state index contributed by atoms with van der Waals surface area (Å²) in [5.74, 6) is 0.764. The second-order valence-electron chi connectivity index (χ2n) is 6.50. The highest BCUT2D eigenvalue weighted by atomic mass is 16.2. The van der Waals surface area contributed by atoms with Crippen molar-refractivity contribution in [2.75, 3.05) is 11.9 Å². The molecule has 1 aromatic carbocycles. The molecule has 2 heterocycles. The van der Waals surface area contributed by atoms with E-state index in [1.807, 2.05) is 50.2 Å². The summed E-state index contributed by atoms with van der Waals surface area (Å²) in [4.78, 5) is 25.3. The second-order valence-corrected chi connectivity index (χ2v) is 6.50. The first kappa shape index (κ1) is 17.8. The standard InChI is InChI=1S/C20H23N5O/c1-14(2)18(20(26)22-12-9-15-7-10-21-11-8-15)25-19-16-5-3-4-6-17(16)23-13-24-19/h3-8,10-11,13-14,18H,9,12H2,1-2H3,(H,22,26)(H,23,24,25)/t18-/m1/s1. The van der Waals surface area contributed by atoms with Crippen molar-refractivity contribution < 1.29 is 4.79 Å². The maximum atomic E-state index is 12.7. The summed E-state index contributed by atoms with van der Waals surface area (Å²) in [6, 6.07) is 11.3. The van der Waals surface area contributed by atoms with E-state index in [0.29, 0.717) is 12.4 Å². The fourth-order valence-corrected chi connectivity index (χ4v) is 2.79. The average molecular weight is 349 g/mol. The molecule has 2 aromatic heterocycles. The Bertz CT molecular complexity index is 861. The molecule has 3 rings (SSSR count). The average Bonchev–Trinajstić information content (AvgIpc) is 2.66. The number of anilines is 1. The third-order valence-corrected chi connectivity index (χ3v) is 4.25. The van der Waals surface area contributed by atoms with Crippen molar-refractivity contribution in [1.82, 2.24) is 20.3 Å². The number of pyridine rings is 1. The highest BCUT2D eigenvalue weighted by molar-refractivity contribution is 5.92. The van der Waals surface area contributed by atoms with Crippen LogP contribution in [-0.2, 0) is 11.2 Å². The Balaban J connectivity index is 1.67. The van der Waals surface area contributed by atoms with Crippen LogP contribution in [0.5, 0.6) is 0 Å². The largest absolute Gasteiger partial charge is 0.358 e. The summed E-state index contributed by atoms with van der Waals surface area (Å²) < 4.78 is 0. The molecule has 0 saturated heterocycles. The van der Waals surface area contributed by atoms with Crippen LogP contribution < -0.4 is 10.6 Å². The van der Waals surface area contributed by atoms with E-state index in [0.717, 1.165) is 22.9 Å². The molecule has 3 aromatic rings. The van der Waals surface area contributed by atoms with Gasteiger partial charge in [0.05, 0.1) is 5.52 Å². The molecule has 0 aliphatic heterocycles. The second kappa shape index (κ2) is 8.38. The highest BCUT2D eigenvalue weighted by Crippen LogP contribution is 2.20. The molecule has 1 atom stereocenters. The van der Waals surface area contributed by atoms with Crippen LogP contribution in [0, 0.1) is 5.92 Å². The molecule has 0 unspecified atom stereocenters. The minimum absolute atomic E-state index is 0.0308. The van der Waals surface area contributed by atoms with Crippen LogP contribution >= 0.6 is 0 Å². The molecule has 0 radical (unpaired) electrons. The van der Waals surface area contributed by atoms with E-state index in [1.54, 1.807) is 12.4 Å². The van der Waals surface area contributed by atoms with Gasteiger partial charge in [-0.1, -0.05) is 26.0 Å². The van der Waals surface area contributed by atoms with E-state index in [4.69, 9.17) is 0 Å². The van der Waals surface area contributed by atoms with Crippen molar-refractivity contribution in [1.29, 1.82) is 0 Å². The van der Waals surface area contributed by atoms with Crippen molar-refractivity contribution in [3.63, 3.8) is 0 Å². The number of hydrogen-bond donors (Lipinski definition) is 2. The van der Waals surface area contributed by atoms with Crippen LogP contribution in [0.1, 0.15) is 19.4 Å². The van der Waals surface area contributed by atoms with E-state index in [9.17, 15) is 4.79 Å². The van der Waals surface area contributed by atoms with Crippen molar-refractivity contribution >= 4 is 22.6 Å². The van der Waals surface area contributed by atoms with Gasteiger partial charge < -0.3 is 10.6 Å². The Morgan fingerprint density at radius 1 is 1.08 bits per heavy atom. The first-order valence-corrected chi connectivity index (χ1v) is 8.78. The molecule has 0 spiro atoms. The van der Waals surface area contributed by atoms with Gasteiger partial charge in [-0.2, -0.15) is 0 Å². The molecule has 0 saturated carbocycles. The predicted molar refractivity (Wildman–Crippen MR) is 103 cm³/mol. The molecule has 6 nitrogen and oxygen atoms in total. The summed E-state index contributed by atoms with van der Waals surface area (Å²) in [7, 11) is 0. The van der Waals surface area contributed by atoms with Gasteiger partial charge in [-0.15, -0.1) is 0 Å². The van der Waals surface area contributed by atoms with Gasteiger partial charge in [-0.05, 0) is 42.2 Å². The number of fused-ring (bicyclic) bond motifs is 1. The summed E-state index contributed by atoms with van der Waals surface area (Å²) >= 11 is 0. The Morgan fingerprint density at radius 2 is 1.85 bits per heavy atom. The summed E-state index contributed by atoms with van der Waals surface area (Å²) in [5, 5.41) is 7.22. The SMILES string of the molecule is CC(C)[C@@H](Nc1ncnc2ccccc12)C(=O)NCCc1ccncc1. The molecular formula is C20H23N5O. The number of nitrogens with one attached hydrogen (secondary N) is 2. The normalized spacial score (nSPS) is 12.1. The van der Waals surface area contributed by atoms with Gasteiger partial charge in [0.15, 0.2) is 0 Å². The van der Waals surface area contributed by atoms with E-state index in [-0.39, 0.29) is 17.9 Å². The Hall–Kier alpha value is -3.02. The van der Waals surface area contributed by atoms with Crippen LogP contribution in [0.3, 0.4) is 0 Å². The number of aromatic nitrogens is 3. The zero-order valence-electron chi connectivity index (χ0n) is 15.0. The predicted octanol–water partition coefficient (Wildman–Crippen LogP) is 2.82. The number of carbonyl (C=O) groups excluding carboxylic acids is 1. The van der Waals surface area contributed by atoms with Crippen LogP contribution in [0.15, 0.2) is 55.1 Å². The van der Waals surface area contributed by atoms with Crippen molar-refractivity contribution in [2.24, 2.45) is 5.92 Å². The third kappa shape index (κ3) is 4.33. The van der Waals surface area contributed by atoms with Gasteiger partial charge in [-0.3, -0.25) is 9.78 Å². The minimum atomic E-state index is -0.370. The molecule has 0 aliphatic carbocycles. The van der Waals surface area contributed by atoms with Gasteiger partial charge >= 0.3 is 0 Å². The number of benzene rings is 1. The zero-order chi connectivity index (χ0) is 18.4. The molecule has 26 heavy (non-hydrogen) atoms. The van der Waals surface area contributed by atoms with Crippen LogP contribution in [0.25, 0.3) is 10.9 Å². The lowest BCUT2D eigenvalue weighted by molar-refractivity contribution is -0.122. The number of nitrogens with zero attached hydrogens (tertiary/aromatic N) is 3. The first-order valence-electron chi connectivity index (χ1n) is 8.78. The topological polar surface area (TPSA) is 79.8 Å². The summed E-state index contributed by atoms with van der Waals surface area (Å²) in [6.45, 7) is 4.62. The van der Waals surface area contributed by atoms with Crippen molar-refractivity contribution in [2.45, 2.75) is 26.3 Å². The fraction of sp³-hybridized carbons (Fsp3) is 0.300. The number of amides is 1. The fourth-order valence-electron chi connectivity index (χ4n) is 2.79. The third-order valence-electron chi connectivity index (χ3n) is 4.25. The van der Waals surface area contributed by atoms with Gasteiger partial charge in [0.1, 0.15) is 18.2 Å². The number of hydrogen-bond acceptors (Lipinski definition) is 5. The van der Waals surface area contributed by atoms with E-state index >= 15 is 0 Å². The van der Waals surface area contributed by atoms with Gasteiger partial charge in [0.2, 0.25) is 5.91 Å². The van der Waals surface area contributed by atoms with Crippen LogP contribution in [0.4, 0.5) is 5.82 Å². The zero-order valence-corrected chi connectivity index (χ0v) is 15.0. The molecule has 0 fully saturated rings. The maximum Gasteiger partial charge on any atom is 0.242 e. The van der Waals surface area contributed by atoms with Gasteiger partial charge in [0.25, 0.3) is 0 Å². The molecule has 1 amide bonds. The van der Waals surface area contributed by atoms with Crippen LogP contribution in [0.2, 0.25) is 0 Å². The van der Waals surface area contributed by atoms with Crippen molar-refractivity contribution in [3.05, 3.63) is 60.7 Å². The molecule has 134 valence electrons. The quantitative estimate of drug-likeness (QED) is 0.686. The number of carbonyl (C=O) groups is 1. The summed E-state index contributed by atoms with van der Waals surface area (Å²) in [5.41, 5.74) is 2.00.